The number of amides is 1. The fraction of sp³-hybridized carbons (Fsp3) is 0.263. The Kier molecular flexibility index (Phi) is 4.50. The van der Waals surface area contributed by atoms with Crippen molar-refractivity contribution in [2.24, 2.45) is 0 Å². The van der Waals surface area contributed by atoms with Crippen molar-refractivity contribution in [2.45, 2.75) is 25.1 Å². The summed E-state index contributed by atoms with van der Waals surface area (Å²) in [6.45, 7) is 0.115. The van der Waals surface area contributed by atoms with E-state index in [1.54, 1.807) is 0 Å². The summed E-state index contributed by atoms with van der Waals surface area (Å²) in [5.41, 5.74) is 0.0343. The Morgan fingerprint density at radius 1 is 1.25 bits per heavy atom. The number of imidazole rings is 1. The molecule has 1 N–H and O–H groups in total. The van der Waals surface area contributed by atoms with Gasteiger partial charge in [0.25, 0.3) is 12.3 Å². The highest BCUT2D eigenvalue weighted by Crippen LogP contribution is 2.36. The number of alkyl halides is 5. The topological polar surface area (TPSA) is 92.3 Å². The number of rotatable bonds is 3. The van der Waals surface area contributed by atoms with Crippen LogP contribution in [0.5, 0.6) is 0 Å². The highest BCUT2D eigenvalue weighted by Gasteiger charge is 2.39. The van der Waals surface area contributed by atoms with Crippen molar-refractivity contribution in [1.29, 1.82) is 0 Å². The van der Waals surface area contributed by atoms with E-state index in [1.807, 2.05) is 0 Å². The van der Waals surface area contributed by atoms with E-state index < -0.39 is 41.6 Å². The molecule has 1 aliphatic rings. The quantitative estimate of drug-likeness (QED) is 0.478. The highest BCUT2D eigenvalue weighted by molar-refractivity contribution is 5.93. The summed E-state index contributed by atoms with van der Waals surface area (Å²) in [7, 11) is 0. The van der Waals surface area contributed by atoms with Crippen LogP contribution in [0.1, 0.15) is 51.4 Å². The van der Waals surface area contributed by atoms with Crippen molar-refractivity contribution in [3.8, 4) is 0 Å². The molecule has 4 aromatic heterocycles. The molecule has 5 heterocycles. The molecule has 0 unspecified atom stereocenters. The summed E-state index contributed by atoms with van der Waals surface area (Å²) in [6, 6.07) is 2.77. The van der Waals surface area contributed by atoms with Crippen LogP contribution in [0.15, 0.2) is 41.5 Å². The molecule has 13 heteroatoms. The van der Waals surface area contributed by atoms with E-state index in [0.29, 0.717) is 23.3 Å². The Morgan fingerprint density at radius 3 is 2.81 bits per heavy atom. The maximum Gasteiger partial charge on any atom is 0.417 e. The molecule has 32 heavy (non-hydrogen) atoms. The van der Waals surface area contributed by atoms with Crippen molar-refractivity contribution in [3.05, 3.63) is 71.2 Å². The lowest BCUT2D eigenvalue weighted by Crippen LogP contribution is -2.41. The van der Waals surface area contributed by atoms with Crippen molar-refractivity contribution < 1.29 is 31.2 Å². The summed E-state index contributed by atoms with van der Waals surface area (Å²) < 4.78 is 71.7. The zero-order chi connectivity index (χ0) is 22.6. The first-order chi connectivity index (χ1) is 15.2. The second-order valence-corrected chi connectivity index (χ2v) is 7.14. The van der Waals surface area contributed by atoms with Crippen LogP contribution < -0.4 is 0 Å². The van der Waals surface area contributed by atoms with Crippen molar-refractivity contribution in [2.75, 3.05) is 6.54 Å². The van der Waals surface area contributed by atoms with Gasteiger partial charge in [-0.25, -0.2) is 23.3 Å². The average molecular weight is 452 g/mol. The molecule has 0 radical (unpaired) electrons. The van der Waals surface area contributed by atoms with Gasteiger partial charge in [-0.3, -0.25) is 4.79 Å². The van der Waals surface area contributed by atoms with E-state index in [4.69, 9.17) is 4.42 Å². The molecule has 4 aromatic rings. The van der Waals surface area contributed by atoms with Crippen molar-refractivity contribution in [3.63, 3.8) is 0 Å². The largest absolute Gasteiger partial charge is 0.438 e. The average Bonchev–Trinajstić information content (AvgIpc) is 3.49. The maximum atomic E-state index is 13.3. The van der Waals surface area contributed by atoms with Gasteiger partial charge >= 0.3 is 6.18 Å². The molecule has 0 saturated carbocycles. The Morgan fingerprint density at radius 2 is 2.06 bits per heavy atom. The van der Waals surface area contributed by atoms with Crippen LogP contribution >= 0.6 is 0 Å². The number of hydrogen-bond donors (Lipinski definition) is 1. The summed E-state index contributed by atoms with van der Waals surface area (Å²) in [6.07, 6.45) is -4.20. The van der Waals surface area contributed by atoms with Gasteiger partial charge in [-0.05, 0) is 18.2 Å². The third kappa shape index (κ3) is 3.20. The van der Waals surface area contributed by atoms with Gasteiger partial charge in [0.2, 0.25) is 5.76 Å². The molecule has 0 saturated heterocycles. The number of H-pyrrole nitrogens is 1. The second kappa shape index (κ2) is 7.14. The number of aromatic nitrogens is 5. The number of pyridine rings is 1. The maximum absolute atomic E-state index is 13.3. The van der Waals surface area contributed by atoms with Gasteiger partial charge in [0.05, 0.1) is 28.8 Å². The lowest BCUT2D eigenvalue weighted by Gasteiger charge is -2.33. The number of oxazole rings is 1. The predicted octanol–water partition coefficient (Wildman–Crippen LogP) is 3.79. The number of carbonyl (C=O) groups excluding carboxylic acids is 1. The number of nitrogens with zero attached hydrogens (tertiary/aromatic N) is 5. The van der Waals surface area contributed by atoms with Crippen molar-refractivity contribution in [1.82, 2.24) is 29.5 Å². The SMILES string of the molecule is O=C(c1ocnc1C(F)F)N1CCc2[nH]cnc2[C@@H]1c1cc2ccc(C(F)(F)F)cn2n1. The first-order valence-corrected chi connectivity index (χ1v) is 9.35. The van der Waals surface area contributed by atoms with Crippen LogP contribution in [0.4, 0.5) is 22.0 Å². The summed E-state index contributed by atoms with van der Waals surface area (Å²) in [4.78, 5) is 25.0. The minimum absolute atomic E-state index is 0.115. The zero-order valence-corrected chi connectivity index (χ0v) is 16.0. The van der Waals surface area contributed by atoms with E-state index in [2.05, 4.69) is 20.1 Å². The molecule has 0 bridgehead atoms. The van der Waals surface area contributed by atoms with E-state index >= 15 is 0 Å². The number of halogens is 5. The molecule has 1 amide bonds. The number of aromatic amines is 1. The standard InChI is InChI=1S/C19H13F5N6O2/c20-17(21)14-16(32-8-27-14)18(31)29-4-3-11-13(26-7-25-11)15(29)12-5-10-2-1-9(19(22,23)24)6-30(10)28-12/h1-2,5-8,15,17H,3-4H2,(H,25,26)/t15-/m0/s1. The molecule has 5 rings (SSSR count). The summed E-state index contributed by atoms with van der Waals surface area (Å²) in [5, 5.41) is 4.24. The lowest BCUT2D eigenvalue weighted by atomic mass is 9.99. The Labute approximate surface area is 175 Å². The summed E-state index contributed by atoms with van der Waals surface area (Å²) in [5.74, 6) is -1.45. The normalized spacial score (nSPS) is 16.7. The van der Waals surface area contributed by atoms with Gasteiger partial charge in [-0.15, -0.1) is 0 Å². The number of nitrogens with one attached hydrogen (secondary N) is 1. The fourth-order valence-corrected chi connectivity index (χ4v) is 3.80. The van der Waals surface area contributed by atoms with Gasteiger partial charge in [0, 0.05) is 24.9 Å². The molecule has 0 fully saturated rings. The van der Waals surface area contributed by atoms with Crippen LogP contribution in [-0.4, -0.2) is 41.9 Å². The predicted molar refractivity (Wildman–Crippen MR) is 96.8 cm³/mol. The molecular formula is C19H13F5N6O2. The minimum atomic E-state index is -4.56. The molecule has 0 aromatic carbocycles. The number of fused-ring (bicyclic) bond motifs is 2. The highest BCUT2D eigenvalue weighted by atomic mass is 19.4. The van der Waals surface area contributed by atoms with E-state index in [-0.39, 0.29) is 12.2 Å². The minimum Gasteiger partial charge on any atom is -0.438 e. The summed E-state index contributed by atoms with van der Waals surface area (Å²) >= 11 is 0. The van der Waals surface area contributed by atoms with Gasteiger partial charge in [0.15, 0.2) is 12.1 Å². The van der Waals surface area contributed by atoms with Gasteiger partial charge in [0.1, 0.15) is 6.04 Å². The van der Waals surface area contributed by atoms with Gasteiger partial charge < -0.3 is 14.3 Å². The van der Waals surface area contributed by atoms with Crippen LogP contribution in [0, 0.1) is 0 Å². The molecule has 166 valence electrons. The smallest absolute Gasteiger partial charge is 0.417 e. The molecule has 1 atom stereocenters. The van der Waals surface area contributed by atoms with Crippen LogP contribution in [0.2, 0.25) is 0 Å². The van der Waals surface area contributed by atoms with E-state index in [1.165, 1.54) is 23.4 Å². The first kappa shape index (κ1) is 20.2. The molecule has 1 aliphatic heterocycles. The molecule has 0 spiro atoms. The van der Waals surface area contributed by atoms with Crippen LogP contribution in [-0.2, 0) is 12.6 Å². The monoisotopic (exact) mass is 452 g/mol. The van der Waals surface area contributed by atoms with Crippen molar-refractivity contribution >= 4 is 11.4 Å². The van der Waals surface area contributed by atoms with Gasteiger partial charge in [-0.2, -0.15) is 18.3 Å². The van der Waals surface area contributed by atoms with E-state index in [0.717, 1.165) is 23.2 Å². The van der Waals surface area contributed by atoms with Gasteiger partial charge in [-0.1, -0.05) is 0 Å². The second-order valence-electron chi connectivity index (χ2n) is 7.14. The van der Waals surface area contributed by atoms with Crippen LogP contribution in [0.25, 0.3) is 5.52 Å². The Hall–Kier alpha value is -3.77. The molecular weight excluding hydrogens is 439 g/mol. The fourth-order valence-electron chi connectivity index (χ4n) is 3.80. The Bertz CT molecular complexity index is 1310. The van der Waals surface area contributed by atoms with E-state index in [9.17, 15) is 26.7 Å². The lowest BCUT2D eigenvalue weighted by molar-refractivity contribution is -0.137. The third-order valence-electron chi connectivity index (χ3n) is 5.27. The number of hydrogen-bond acceptors (Lipinski definition) is 5. The molecule has 0 aliphatic carbocycles. The van der Waals surface area contributed by atoms with Crippen LogP contribution in [0.3, 0.4) is 0 Å². The first-order valence-electron chi connectivity index (χ1n) is 9.35. The Balaban J connectivity index is 1.60. The number of carbonyl (C=O) groups is 1. The third-order valence-corrected chi connectivity index (χ3v) is 5.27. The molecule has 8 nitrogen and oxygen atoms in total. The zero-order valence-electron chi connectivity index (χ0n) is 16.0.